The van der Waals surface area contributed by atoms with Gasteiger partial charge in [-0.2, -0.15) is 0 Å². The second-order valence-electron chi connectivity index (χ2n) is 4.37. The summed E-state index contributed by atoms with van der Waals surface area (Å²) in [5.41, 5.74) is 0.762. The van der Waals surface area contributed by atoms with Gasteiger partial charge in [0.1, 0.15) is 12.4 Å². The fourth-order valence-electron chi connectivity index (χ4n) is 1.64. The first kappa shape index (κ1) is 16.8. The number of aliphatic hydroxyl groups is 1. The molecule has 0 aliphatic rings. The zero-order chi connectivity index (χ0) is 15.8. The molecule has 0 fully saturated rings. The van der Waals surface area contributed by atoms with E-state index < -0.39 is 24.2 Å². The SMILES string of the molecule is CCC(NC(=O)OCc1ccc(OC)cc1)C(O)C(=O)O. The molecule has 1 aromatic carbocycles. The van der Waals surface area contributed by atoms with Crippen LogP contribution >= 0.6 is 0 Å². The smallest absolute Gasteiger partial charge is 0.407 e. The molecule has 0 aliphatic carbocycles. The van der Waals surface area contributed by atoms with E-state index in [1.54, 1.807) is 38.3 Å². The molecule has 0 saturated carbocycles. The molecule has 0 heterocycles. The Morgan fingerprint density at radius 1 is 1.29 bits per heavy atom. The Balaban J connectivity index is 2.47. The molecular formula is C14H19NO6. The van der Waals surface area contributed by atoms with Crippen LogP contribution in [-0.4, -0.2) is 41.5 Å². The molecule has 2 atom stereocenters. The van der Waals surface area contributed by atoms with Gasteiger partial charge in [0, 0.05) is 0 Å². The maximum atomic E-state index is 11.6. The van der Waals surface area contributed by atoms with Gasteiger partial charge in [0.05, 0.1) is 13.2 Å². The van der Waals surface area contributed by atoms with E-state index in [4.69, 9.17) is 14.6 Å². The number of methoxy groups -OCH3 is 1. The molecule has 0 saturated heterocycles. The van der Waals surface area contributed by atoms with Crippen LogP contribution in [0.15, 0.2) is 24.3 Å². The summed E-state index contributed by atoms with van der Waals surface area (Å²) in [6.07, 6.45) is -2.17. The van der Waals surface area contributed by atoms with Crippen LogP contribution < -0.4 is 10.1 Å². The number of alkyl carbamates (subject to hydrolysis) is 1. The van der Waals surface area contributed by atoms with E-state index in [9.17, 15) is 14.7 Å². The first-order valence-corrected chi connectivity index (χ1v) is 6.45. The van der Waals surface area contributed by atoms with Gasteiger partial charge in [0.15, 0.2) is 6.10 Å². The molecule has 3 N–H and O–H groups in total. The predicted molar refractivity (Wildman–Crippen MR) is 74.0 cm³/mol. The molecule has 0 aliphatic heterocycles. The molecule has 7 heteroatoms. The summed E-state index contributed by atoms with van der Waals surface area (Å²) in [6, 6.07) is 6.07. The van der Waals surface area contributed by atoms with E-state index in [1.165, 1.54) is 0 Å². The van der Waals surface area contributed by atoms with Gasteiger partial charge >= 0.3 is 12.1 Å². The van der Waals surface area contributed by atoms with E-state index in [2.05, 4.69) is 5.32 Å². The second-order valence-corrected chi connectivity index (χ2v) is 4.37. The normalized spacial score (nSPS) is 13.1. The Morgan fingerprint density at radius 2 is 1.90 bits per heavy atom. The van der Waals surface area contributed by atoms with Gasteiger partial charge < -0.3 is 25.0 Å². The predicted octanol–water partition coefficient (Wildman–Crippen LogP) is 1.15. The number of aliphatic hydroxyl groups excluding tert-OH is 1. The monoisotopic (exact) mass is 297 g/mol. The van der Waals surface area contributed by atoms with Crippen LogP contribution in [0.3, 0.4) is 0 Å². The van der Waals surface area contributed by atoms with Gasteiger partial charge in [-0.05, 0) is 24.1 Å². The summed E-state index contributed by atoms with van der Waals surface area (Å²) in [5, 5.41) is 20.4. The Morgan fingerprint density at radius 3 is 2.38 bits per heavy atom. The van der Waals surface area contributed by atoms with Crippen molar-refractivity contribution in [3.05, 3.63) is 29.8 Å². The van der Waals surface area contributed by atoms with Crippen molar-refractivity contribution in [3.8, 4) is 5.75 Å². The van der Waals surface area contributed by atoms with Crippen molar-refractivity contribution in [2.45, 2.75) is 32.1 Å². The number of benzene rings is 1. The number of nitrogens with one attached hydrogen (secondary N) is 1. The van der Waals surface area contributed by atoms with E-state index in [1.807, 2.05) is 0 Å². The number of carbonyl (C=O) groups is 2. The van der Waals surface area contributed by atoms with Crippen LogP contribution in [0, 0.1) is 0 Å². The highest BCUT2D eigenvalue weighted by Gasteiger charge is 2.26. The largest absolute Gasteiger partial charge is 0.497 e. The summed E-state index contributed by atoms with van der Waals surface area (Å²) < 4.78 is 9.98. The molecule has 1 aromatic rings. The quantitative estimate of drug-likeness (QED) is 0.697. The van der Waals surface area contributed by atoms with Crippen molar-refractivity contribution >= 4 is 12.1 Å². The Hall–Kier alpha value is -2.28. The van der Waals surface area contributed by atoms with Crippen molar-refractivity contribution in [1.82, 2.24) is 5.32 Å². The Labute approximate surface area is 122 Å². The molecule has 0 radical (unpaired) electrons. The van der Waals surface area contributed by atoms with Crippen LogP contribution in [0.5, 0.6) is 5.75 Å². The summed E-state index contributed by atoms with van der Waals surface area (Å²) in [5.74, 6) is -0.698. The second kappa shape index (κ2) is 8.11. The molecule has 21 heavy (non-hydrogen) atoms. The van der Waals surface area contributed by atoms with Crippen LogP contribution in [0.25, 0.3) is 0 Å². The molecular weight excluding hydrogens is 278 g/mol. The fourth-order valence-corrected chi connectivity index (χ4v) is 1.64. The third-order valence-electron chi connectivity index (χ3n) is 2.91. The van der Waals surface area contributed by atoms with E-state index in [0.29, 0.717) is 5.75 Å². The number of rotatable bonds is 7. The van der Waals surface area contributed by atoms with Crippen LogP contribution in [-0.2, 0) is 16.1 Å². The van der Waals surface area contributed by atoms with Crippen molar-refractivity contribution in [3.63, 3.8) is 0 Å². The highest BCUT2D eigenvalue weighted by atomic mass is 16.5. The molecule has 0 bridgehead atoms. The average Bonchev–Trinajstić information content (AvgIpc) is 2.50. The summed E-state index contributed by atoms with van der Waals surface area (Å²) in [6.45, 7) is 1.69. The van der Waals surface area contributed by atoms with Crippen molar-refractivity contribution in [2.75, 3.05) is 7.11 Å². The van der Waals surface area contributed by atoms with E-state index in [-0.39, 0.29) is 13.0 Å². The third kappa shape index (κ3) is 5.31. The maximum absolute atomic E-state index is 11.6. The number of aliphatic carboxylic acids is 1. The Bertz CT molecular complexity index is 473. The number of amides is 1. The fraction of sp³-hybridized carbons (Fsp3) is 0.429. The standard InChI is InChI=1S/C14H19NO6/c1-3-11(12(16)13(17)18)15-14(19)21-8-9-4-6-10(20-2)7-5-9/h4-7,11-12,16H,3,8H2,1-2H3,(H,15,19)(H,17,18). The maximum Gasteiger partial charge on any atom is 0.407 e. The molecule has 7 nitrogen and oxygen atoms in total. The number of ether oxygens (including phenoxy) is 2. The number of carboxylic acids is 1. The number of hydrogen-bond donors (Lipinski definition) is 3. The summed E-state index contributed by atoms with van der Waals surface area (Å²) in [4.78, 5) is 22.2. The molecule has 0 spiro atoms. The third-order valence-corrected chi connectivity index (χ3v) is 2.91. The molecule has 116 valence electrons. The Kier molecular flexibility index (Phi) is 6.48. The van der Waals surface area contributed by atoms with Crippen molar-refractivity contribution in [1.29, 1.82) is 0 Å². The average molecular weight is 297 g/mol. The highest BCUT2D eigenvalue weighted by molar-refractivity contribution is 5.75. The lowest BCUT2D eigenvalue weighted by Gasteiger charge is -2.19. The van der Waals surface area contributed by atoms with Crippen LogP contribution in [0.4, 0.5) is 4.79 Å². The zero-order valence-electron chi connectivity index (χ0n) is 11.9. The lowest BCUT2D eigenvalue weighted by atomic mass is 10.1. The van der Waals surface area contributed by atoms with Crippen molar-refractivity contribution < 1.29 is 29.3 Å². The van der Waals surface area contributed by atoms with Gasteiger partial charge in [-0.25, -0.2) is 9.59 Å². The molecule has 0 aromatic heterocycles. The lowest BCUT2D eigenvalue weighted by molar-refractivity contribution is -0.148. The van der Waals surface area contributed by atoms with Gasteiger partial charge in [0.2, 0.25) is 0 Å². The minimum Gasteiger partial charge on any atom is -0.497 e. The topological polar surface area (TPSA) is 105 Å². The zero-order valence-corrected chi connectivity index (χ0v) is 11.9. The number of hydrogen-bond acceptors (Lipinski definition) is 5. The van der Waals surface area contributed by atoms with Crippen LogP contribution in [0.1, 0.15) is 18.9 Å². The van der Waals surface area contributed by atoms with Gasteiger partial charge in [-0.15, -0.1) is 0 Å². The molecule has 1 rings (SSSR count). The van der Waals surface area contributed by atoms with E-state index in [0.717, 1.165) is 5.56 Å². The summed E-state index contributed by atoms with van der Waals surface area (Å²) in [7, 11) is 1.55. The van der Waals surface area contributed by atoms with Crippen molar-refractivity contribution in [2.24, 2.45) is 0 Å². The minimum atomic E-state index is -1.66. The van der Waals surface area contributed by atoms with Gasteiger partial charge in [0.25, 0.3) is 0 Å². The first-order chi connectivity index (χ1) is 9.97. The highest BCUT2D eigenvalue weighted by Crippen LogP contribution is 2.12. The number of carbonyl (C=O) groups excluding carboxylic acids is 1. The minimum absolute atomic E-state index is 0.0371. The van der Waals surface area contributed by atoms with Gasteiger partial charge in [-0.3, -0.25) is 0 Å². The van der Waals surface area contributed by atoms with Crippen LogP contribution in [0.2, 0.25) is 0 Å². The lowest BCUT2D eigenvalue weighted by Crippen LogP contribution is -2.46. The number of carboxylic acid groups (broad SMARTS) is 1. The van der Waals surface area contributed by atoms with Gasteiger partial charge in [-0.1, -0.05) is 19.1 Å². The van der Waals surface area contributed by atoms with E-state index >= 15 is 0 Å². The molecule has 2 unspecified atom stereocenters. The molecule has 1 amide bonds. The summed E-state index contributed by atoms with van der Waals surface area (Å²) >= 11 is 0. The first-order valence-electron chi connectivity index (χ1n) is 6.45.